The van der Waals surface area contributed by atoms with Crippen molar-refractivity contribution in [3.8, 4) is 12.3 Å². The van der Waals surface area contributed by atoms with Crippen molar-refractivity contribution in [2.75, 3.05) is 26.2 Å². The molecule has 0 N–H and O–H groups in total. The van der Waals surface area contributed by atoms with Crippen molar-refractivity contribution >= 4 is 12.0 Å². The Morgan fingerprint density at radius 2 is 1.87 bits per heavy atom. The zero-order valence-electron chi connectivity index (χ0n) is 13.6. The molecule has 0 spiro atoms. The maximum absolute atomic E-state index is 14.3. The summed E-state index contributed by atoms with van der Waals surface area (Å²) >= 11 is 0. The van der Waals surface area contributed by atoms with Gasteiger partial charge in [-0.3, -0.25) is 4.79 Å². The molecule has 1 atom stereocenters. The second kappa shape index (κ2) is 5.99. The minimum atomic E-state index is -3.27. The van der Waals surface area contributed by atoms with Gasteiger partial charge < -0.3 is 14.5 Å². The number of hydrogen-bond acceptors (Lipinski definition) is 3. The molecule has 0 aromatic carbocycles. The first-order valence-corrected chi connectivity index (χ1v) is 7.64. The first kappa shape index (κ1) is 17.5. The van der Waals surface area contributed by atoms with Gasteiger partial charge in [-0.1, -0.05) is 5.92 Å². The summed E-state index contributed by atoms with van der Waals surface area (Å²) in [4.78, 5) is 26.5. The van der Waals surface area contributed by atoms with E-state index in [0.29, 0.717) is 13.1 Å². The number of alkyl halides is 2. The van der Waals surface area contributed by atoms with Gasteiger partial charge >= 0.3 is 6.09 Å². The second-order valence-corrected chi connectivity index (χ2v) is 7.11. The Labute approximate surface area is 134 Å². The fourth-order valence-electron chi connectivity index (χ4n) is 2.71. The first-order chi connectivity index (χ1) is 10.5. The predicted molar refractivity (Wildman–Crippen MR) is 79.8 cm³/mol. The van der Waals surface area contributed by atoms with E-state index >= 15 is 0 Å². The van der Waals surface area contributed by atoms with Crippen LogP contribution in [0, 0.1) is 24.2 Å². The van der Waals surface area contributed by atoms with Crippen LogP contribution >= 0.6 is 0 Å². The summed E-state index contributed by atoms with van der Waals surface area (Å²) in [7, 11) is 0. The smallest absolute Gasteiger partial charge is 0.410 e. The monoisotopic (exact) mass is 328 g/mol. The zero-order chi connectivity index (χ0) is 17.4. The molecular formula is C16H22F2N2O3. The van der Waals surface area contributed by atoms with Crippen LogP contribution in [-0.4, -0.2) is 59.5 Å². The van der Waals surface area contributed by atoms with E-state index in [4.69, 9.17) is 11.2 Å². The number of amides is 2. The minimum absolute atomic E-state index is 0.0468. The molecule has 23 heavy (non-hydrogen) atoms. The van der Waals surface area contributed by atoms with Gasteiger partial charge in [-0.15, -0.1) is 6.42 Å². The van der Waals surface area contributed by atoms with Crippen molar-refractivity contribution < 1.29 is 23.1 Å². The lowest BCUT2D eigenvalue weighted by atomic mass is 9.89. The molecule has 0 aromatic heterocycles. The molecule has 2 rings (SSSR count). The molecule has 2 aliphatic rings. The number of nitrogens with zero attached hydrogens (tertiary/aromatic N) is 2. The Bertz CT molecular complexity index is 530. The summed E-state index contributed by atoms with van der Waals surface area (Å²) < 4.78 is 33.8. The summed E-state index contributed by atoms with van der Waals surface area (Å²) in [6, 6.07) is 0. The topological polar surface area (TPSA) is 49.9 Å². The second-order valence-electron chi connectivity index (χ2n) is 7.11. The van der Waals surface area contributed by atoms with E-state index in [9.17, 15) is 18.4 Å². The standard InChI is InChI=1S/C16H22F2N2O3/c1-5-11-8-20(9-11)13(21)12-6-7-19(10-16(12,17)18)14(22)23-15(2,3)4/h1,11-12H,6-10H2,2-4H3. The van der Waals surface area contributed by atoms with Crippen molar-refractivity contribution in [2.24, 2.45) is 11.8 Å². The number of carbonyl (C=O) groups excluding carboxylic acids is 2. The summed E-state index contributed by atoms with van der Waals surface area (Å²) in [6.45, 7) is 4.95. The van der Waals surface area contributed by atoms with E-state index in [1.165, 1.54) is 4.90 Å². The number of rotatable bonds is 1. The van der Waals surface area contributed by atoms with Crippen molar-refractivity contribution in [2.45, 2.75) is 38.7 Å². The number of ether oxygens (including phenoxy) is 1. The summed E-state index contributed by atoms with van der Waals surface area (Å²) in [6.07, 6.45) is 4.38. The number of terminal acetylenes is 1. The number of likely N-dealkylation sites (tertiary alicyclic amines) is 2. The van der Waals surface area contributed by atoms with Gasteiger partial charge in [-0.05, 0) is 27.2 Å². The molecule has 5 nitrogen and oxygen atoms in total. The summed E-state index contributed by atoms with van der Waals surface area (Å²) in [5, 5.41) is 0. The van der Waals surface area contributed by atoms with Crippen LogP contribution in [-0.2, 0) is 9.53 Å². The molecule has 0 aliphatic carbocycles. The van der Waals surface area contributed by atoms with Gasteiger partial charge in [0.25, 0.3) is 5.92 Å². The molecule has 7 heteroatoms. The molecule has 0 radical (unpaired) electrons. The van der Waals surface area contributed by atoms with Crippen molar-refractivity contribution in [3.63, 3.8) is 0 Å². The van der Waals surface area contributed by atoms with Crippen LogP contribution in [0.5, 0.6) is 0 Å². The third-order valence-corrected chi connectivity index (χ3v) is 3.98. The largest absolute Gasteiger partial charge is 0.444 e. The number of piperidine rings is 1. The fourth-order valence-corrected chi connectivity index (χ4v) is 2.71. The Hall–Kier alpha value is -1.84. The Balaban J connectivity index is 1.96. The van der Waals surface area contributed by atoms with Crippen LogP contribution in [0.2, 0.25) is 0 Å². The highest BCUT2D eigenvalue weighted by Gasteiger charge is 2.52. The van der Waals surface area contributed by atoms with Crippen LogP contribution in [0.25, 0.3) is 0 Å². The van der Waals surface area contributed by atoms with Gasteiger partial charge in [-0.25, -0.2) is 13.6 Å². The lowest BCUT2D eigenvalue weighted by Crippen LogP contribution is -2.59. The molecule has 0 saturated carbocycles. The molecule has 2 heterocycles. The predicted octanol–water partition coefficient (Wildman–Crippen LogP) is 1.97. The Morgan fingerprint density at radius 3 is 2.35 bits per heavy atom. The van der Waals surface area contributed by atoms with Crippen molar-refractivity contribution in [1.82, 2.24) is 9.80 Å². The highest BCUT2D eigenvalue weighted by molar-refractivity contribution is 5.81. The first-order valence-electron chi connectivity index (χ1n) is 7.64. The maximum Gasteiger partial charge on any atom is 0.410 e. The molecular weight excluding hydrogens is 306 g/mol. The van der Waals surface area contributed by atoms with Gasteiger partial charge in [0, 0.05) is 19.6 Å². The Kier molecular flexibility index (Phi) is 4.56. The summed E-state index contributed by atoms with van der Waals surface area (Å²) in [5.74, 6) is -2.80. The molecule has 0 aromatic rings. The zero-order valence-corrected chi connectivity index (χ0v) is 13.6. The quantitative estimate of drug-likeness (QED) is 0.692. The van der Waals surface area contributed by atoms with Gasteiger partial charge in [0.2, 0.25) is 5.91 Å². The molecule has 2 fully saturated rings. The van der Waals surface area contributed by atoms with Crippen LogP contribution in [0.4, 0.5) is 13.6 Å². The SMILES string of the molecule is C#CC1CN(C(=O)C2CCN(C(=O)OC(C)(C)C)CC2(F)F)C1. The van der Waals surface area contributed by atoms with Gasteiger partial charge in [0.05, 0.1) is 12.5 Å². The number of hydrogen-bond donors (Lipinski definition) is 0. The van der Waals surface area contributed by atoms with E-state index in [1.54, 1.807) is 20.8 Å². The van der Waals surface area contributed by atoms with Crippen LogP contribution < -0.4 is 0 Å². The van der Waals surface area contributed by atoms with Crippen molar-refractivity contribution in [3.05, 3.63) is 0 Å². The van der Waals surface area contributed by atoms with E-state index in [-0.39, 0.29) is 18.9 Å². The highest BCUT2D eigenvalue weighted by atomic mass is 19.3. The fraction of sp³-hybridized carbons (Fsp3) is 0.750. The van der Waals surface area contributed by atoms with E-state index < -0.39 is 36.0 Å². The summed E-state index contributed by atoms with van der Waals surface area (Å²) in [5.41, 5.74) is -0.749. The van der Waals surface area contributed by atoms with E-state index in [2.05, 4.69) is 5.92 Å². The van der Waals surface area contributed by atoms with E-state index in [1.807, 2.05) is 0 Å². The number of carbonyl (C=O) groups is 2. The average Bonchev–Trinajstić information content (AvgIpc) is 2.33. The van der Waals surface area contributed by atoms with Gasteiger partial charge in [0.1, 0.15) is 11.5 Å². The van der Waals surface area contributed by atoms with Crippen LogP contribution in [0.15, 0.2) is 0 Å². The molecule has 2 aliphatic heterocycles. The van der Waals surface area contributed by atoms with E-state index in [0.717, 1.165) is 4.90 Å². The molecule has 2 saturated heterocycles. The average molecular weight is 328 g/mol. The minimum Gasteiger partial charge on any atom is -0.444 e. The van der Waals surface area contributed by atoms with Gasteiger partial charge in [0.15, 0.2) is 0 Å². The molecule has 128 valence electrons. The molecule has 1 unspecified atom stereocenters. The molecule has 2 amide bonds. The number of halogens is 2. The molecule has 0 bridgehead atoms. The third-order valence-electron chi connectivity index (χ3n) is 3.98. The van der Waals surface area contributed by atoms with Crippen LogP contribution in [0.3, 0.4) is 0 Å². The van der Waals surface area contributed by atoms with Gasteiger partial charge in [-0.2, -0.15) is 0 Å². The maximum atomic E-state index is 14.3. The lowest BCUT2D eigenvalue weighted by Gasteiger charge is -2.43. The van der Waals surface area contributed by atoms with Crippen molar-refractivity contribution in [1.29, 1.82) is 0 Å². The highest BCUT2D eigenvalue weighted by Crippen LogP contribution is 2.36. The Morgan fingerprint density at radius 1 is 1.26 bits per heavy atom. The third kappa shape index (κ3) is 3.92. The van der Waals surface area contributed by atoms with Crippen LogP contribution in [0.1, 0.15) is 27.2 Å². The normalized spacial score (nSPS) is 24.6. The lowest BCUT2D eigenvalue weighted by molar-refractivity contribution is -0.165.